The zero-order valence-electron chi connectivity index (χ0n) is 13.2. The number of halogens is 1. The largest absolute Gasteiger partial charge is 0.297 e. The second kappa shape index (κ2) is 5.69. The van der Waals surface area contributed by atoms with E-state index >= 15 is 0 Å². The molecule has 0 aromatic carbocycles. The average Bonchev–Trinajstić information content (AvgIpc) is 2.64. The minimum Gasteiger partial charge on any atom is -0.297 e. The van der Waals surface area contributed by atoms with E-state index in [0.29, 0.717) is 0 Å². The van der Waals surface area contributed by atoms with Gasteiger partial charge in [0, 0.05) is 31.0 Å². The fraction of sp³-hybridized carbons (Fsp3) is 0.625. The van der Waals surface area contributed by atoms with Crippen molar-refractivity contribution in [2.75, 3.05) is 13.1 Å². The number of fused-ring (bicyclic) bond motifs is 1. The summed E-state index contributed by atoms with van der Waals surface area (Å²) in [7, 11) is 0. The van der Waals surface area contributed by atoms with Crippen LogP contribution >= 0.6 is 15.9 Å². The predicted molar refractivity (Wildman–Crippen MR) is 88.4 cm³/mol. The summed E-state index contributed by atoms with van der Waals surface area (Å²) < 4.78 is 3.15. The number of likely N-dealkylation sites (tertiary alicyclic amines) is 1. The molecule has 3 heterocycles. The van der Waals surface area contributed by atoms with Crippen LogP contribution in [-0.4, -0.2) is 32.4 Å². The van der Waals surface area contributed by atoms with Crippen LogP contribution in [0.2, 0.25) is 0 Å². The van der Waals surface area contributed by atoms with Crippen molar-refractivity contribution in [3.8, 4) is 0 Å². The number of imidazole rings is 1. The summed E-state index contributed by atoms with van der Waals surface area (Å²) in [6.45, 7) is 12.0. The molecule has 2 aromatic rings. The summed E-state index contributed by atoms with van der Waals surface area (Å²) in [4.78, 5) is 11.8. The Morgan fingerprint density at radius 2 is 1.86 bits per heavy atom. The van der Waals surface area contributed by atoms with Crippen molar-refractivity contribution < 1.29 is 0 Å². The lowest BCUT2D eigenvalue weighted by molar-refractivity contribution is 0.133. The zero-order chi connectivity index (χ0) is 15.1. The van der Waals surface area contributed by atoms with Crippen molar-refractivity contribution in [1.82, 2.24) is 19.3 Å². The summed E-state index contributed by atoms with van der Waals surface area (Å²) in [6.07, 6.45) is 1.34. The Morgan fingerprint density at radius 1 is 1.19 bits per heavy atom. The summed E-state index contributed by atoms with van der Waals surface area (Å²) in [5.74, 6) is 2.34. The first kappa shape index (κ1) is 15.0. The first-order valence-corrected chi connectivity index (χ1v) is 8.46. The Balaban J connectivity index is 1.91. The van der Waals surface area contributed by atoms with Gasteiger partial charge in [0.2, 0.25) is 5.78 Å². The number of aryl methyl sites for hydroxylation is 2. The van der Waals surface area contributed by atoms with Crippen molar-refractivity contribution in [3.63, 3.8) is 0 Å². The van der Waals surface area contributed by atoms with Crippen LogP contribution in [-0.2, 0) is 6.54 Å². The number of hydrogen-bond donors (Lipinski definition) is 0. The van der Waals surface area contributed by atoms with Crippen LogP contribution in [0.25, 0.3) is 5.78 Å². The molecule has 4 nitrogen and oxygen atoms in total. The van der Waals surface area contributed by atoms with Crippen molar-refractivity contribution in [3.05, 3.63) is 27.8 Å². The van der Waals surface area contributed by atoms with Gasteiger partial charge in [-0.2, -0.15) is 0 Å². The zero-order valence-corrected chi connectivity index (χ0v) is 14.8. The highest BCUT2D eigenvalue weighted by molar-refractivity contribution is 9.10. The van der Waals surface area contributed by atoms with Gasteiger partial charge in [-0.05, 0) is 54.1 Å². The van der Waals surface area contributed by atoms with Gasteiger partial charge in [-0.15, -0.1) is 0 Å². The third kappa shape index (κ3) is 2.99. The van der Waals surface area contributed by atoms with Gasteiger partial charge in [-0.1, -0.05) is 13.8 Å². The first-order chi connectivity index (χ1) is 9.94. The first-order valence-electron chi connectivity index (χ1n) is 7.67. The topological polar surface area (TPSA) is 33.4 Å². The van der Waals surface area contributed by atoms with Gasteiger partial charge in [0.25, 0.3) is 0 Å². The third-order valence-corrected chi connectivity index (χ3v) is 5.05. The van der Waals surface area contributed by atoms with E-state index in [1.807, 2.05) is 6.92 Å². The van der Waals surface area contributed by atoms with E-state index < -0.39 is 0 Å². The molecule has 114 valence electrons. The van der Waals surface area contributed by atoms with Crippen LogP contribution < -0.4 is 0 Å². The molecule has 1 aliphatic rings. The summed E-state index contributed by atoms with van der Waals surface area (Å²) in [6, 6.07) is 2.09. The standard InChI is InChI=1S/C16H23BrN4/c1-10-5-11(2)8-20(7-10)9-14-15(17)21-13(4)6-12(3)18-16(21)19-14/h6,10-11H,5,7-9H2,1-4H3/t10-,11+. The number of piperidine rings is 1. The van der Waals surface area contributed by atoms with Gasteiger partial charge in [-0.25, -0.2) is 9.97 Å². The van der Waals surface area contributed by atoms with E-state index in [1.165, 1.54) is 12.1 Å². The molecule has 0 saturated carbocycles. The quantitative estimate of drug-likeness (QED) is 0.829. The number of nitrogens with zero attached hydrogens (tertiary/aromatic N) is 4. The van der Waals surface area contributed by atoms with Crippen molar-refractivity contribution in [2.24, 2.45) is 11.8 Å². The fourth-order valence-corrected chi connectivity index (χ4v) is 4.26. The van der Waals surface area contributed by atoms with Gasteiger partial charge in [-0.3, -0.25) is 9.30 Å². The van der Waals surface area contributed by atoms with Crippen LogP contribution in [0.15, 0.2) is 10.7 Å². The van der Waals surface area contributed by atoms with Gasteiger partial charge in [0.15, 0.2) is 0 Å². The van der Waals surface area contributed by atoms with E-state index in [9.17, 15) is 0 Å². The number of aromatic nitrogens is 3. The molecule has 3 rings (SSSR count). The maximum Gasteiger partial charge on any atom is 0.235 e. The maximum atomic E-state index is 4.74. The Kier molecular flexibility index (Phi) is 4.06. The lowest BCUT2D eigenvalue weighted by Crippen LogP contribution is -2.38. The van der Waals surface area contributed by atoms with Crippen LogP contribution in [0.1, 0.15) is 37.4 Å². The minimum absolute atomic E-state index is 0.770. The van der Waals surface area contributed by atoms with Crippen LogP contribution in [0.5, 0.6) is 0 Å². The van der Waals surface area contributed by atoms with Crippen molar-refractivity contribution in [1.29, 1.82) is 0 Å². The molecule has 2 aromatic heterocycles. The highest BCUT2D eigenvalue weighted by atomic mass is 79.9. The van der Waals surface area contributed by atoms with Crippen molar-refractivity contribution >= 4 is 21.7 Å². The van der Waals surface area contributed by atoms with Gasteiger partial charge < -0.3 is 0 Å². The van der Waals surface area contributed by atoms with Crippen LogP contribution in [0.3, 0.4) is 0 Å². The molecular weight excluding hydrogens is 328 g/mol. The third-order valence-electron chi connectivity index (χ3n) is 4.23. The molecule has 21 heavy (non-hydrogen) atoms. The fourth-order valence-electron chi connectivity index (χ4n) is 3.61. The second-order valence-electron chi connectivity index (χ2n) is 6.66. The molecule has 0 radical (unpaired) electrons. The molecule has 0 bridgehead atoms. The lowest BCUT2D eigenvalue weighted by Gasteiger charge is -2.34. The Morgan fingerprint density at radius 3 is 2.52 bits per heavy atom. The predicted octanol–water partition coefficient (Wildman–Crippen LogP) is 3.59. The van der Waals surface area contributed by atoms with Crippen LogP contribution in [0, 0.1) is 25.7 Å². The lowest BCUT2D eigenvalue weighted by atomic mass is 9.92. The monoisotopic (exact) mass is 350 g/mol. The average molecular weight is 351 g/mol. The molecule has 0 N–H and O–H groups in total. The second-order valence-corrected chi connectivity index (χ2v) is 7.41. The smallest absolute Gasteiger partial charge is 0.235 e. The molecule has 1 aliphatic heterocycles. The highest BCUT2D eigenvalue weighted by Gasteiger charge is 2.24. The van der Waals surface area contributed by atoms with Gasteiger partial charge in [0.05, 0.1) is 5.69 Å². The van der Waals surface area contributed by atoms with Crippen molar-refractivity contribution in [2.45, 2.75) is 40.7 Å². The van der Waals surface area contributed by atoms with Crippen LogP contribution in [0.4, 0.5) is 0 Å². The molecule has 0 aliphatic carbocycles. The van der Waals surface area contributed by atoms with Gasteiger partial charge >= 0.3 is 0 Å². The molecule has 0 unspecified atom stereocenters. The molecule has 0 spiro atoms. The molecule has 5 heteroatoms. The Bertz CT molecular complexity index is 654. The molecular formula is C16H23BrN4. The SMILES string of the molecule is Cc1cc(C)n2c(Br)c(CN3C[C@H](C)C[C@H](C)C3)nc2n1. The molecule has 0 amide bonds. The van der Waals surface area contributed by atoms with E-state index in [-0.39, 0.29) is 0 Å². The Labute approximate surface area is 134 Å². The number of rotatable bonds is 2. The summed E-state index contributed by atoms with van der Waals surface area (Å²) >= 11 is 3.72. The molecule has 1 fully saturated rings. The molecule has 2 atom stereocenters. The maximum absolute atomic E-state index is 4.74. The van der Waals surface area contributed by atoms with E-state index in [4.69, 9.17) is 4.98 Å². The van der Waals surface area contributed by atoms with Gasteiger partial charge in [0.1, 0.15) is 4.60 Å². The minimum atomic E-state index is 0.770. The highest BCUT2D eigenvalue weighted by Crippen LogP contribution is 2.26. The normalized spacial score (nSPS) is 23.9. The van der Waals surface area contributed by atoms with E-state index in [1.54, 1.807) is 0 Å². The van der Waals surface area contributed by atoms with E-state index in [0.717, 1.165) is 53.2 Å². The summed E-state index contributed by atoms with van der Waals surface area (Å²) in [5, 5.41) is 0. The van der Waals surface area contributed by atoms with E-state index in [2.05, 4.69) is 57.1 Å². The Hall–Kier alpha value is -0.940. The molecule has 1 saturated heterocycles. The summed E-state index contributed by atoms with van der Waals surface area (Å²) in [5.41, 5.74) is 3.28. The number of hydrogen-bond acceptors (Lipinski definition) is 3.